The summed E-state index contributed by atoms with van der Waals surface area (Å²) in [6.45, 7) is 7.57. The zero-order valence-corrected chi connectivity index (χ0v) is 8.51. The molecule has 0 aromatic carbocycles. The Morgan fingerprint density at radius 1 is 1.54 bits per heavy atom. The molecule has 13 heavy (non-hydrogen) atoms. The van der Waals surface area contributed by atoms with E-state index in [1.165, 1.54) is 18.3 Å². The van der Waals surface area contributed by atoms with Gasteiger partial charge in [-0.3, -0.25) is 4.90 Å². The van der Waals surface area contributed by atoms with Crippen LogP contribution in [0.3, 0.4) is 0 Å². The maximum atomic E-state index is 7.02. The smallest absolute Gasteiger partial charge is 0.0385 e. The van der Waals surface area contributed by atoms with Crippen LogP contribution < -0.4 is 5.32 Å². The van der Waals surface area contributed by atoms with Crippen molar-refractivity contribution in [3.05, 3.63) is 11.8 Å². The van der Waals surface area contributed by atoms with Crippen LogP contribution >= 0.6 is 0 Å². The molecule has 1 rings (SSSR count). The van der Waals surface area contributed by atoms with E-state index in [1.54, 1.807) is 0 Å². The third-order valence-corrected chi connectivity index (χ3v) is 2.36. The molecule has 0 spiro atoms. The zero-order valence-electron chi connectivity index (χ0n) is 8.51. The van der Waals surface area contributed by atoms with Crippen molar-refractivity contribution in [2.24, 2.45) is 0 Å². The molecule has 0 radical (unpaired) electrons. The number of nitrogens with zero attached hydrogens (tertiary/aromatic N) is 1. The summed E-state index contributed by atoms with van der Waals surface area (Å²) in [7, 11) is 0. The van der Waals surface area contributed by atoms with Crippen molar-refractivity contribution in [3.8, 4) is 0 Å². The number of allylic oxidation sites excluding steroid dienone is 1. The minimum Gasteiger partial charge on any atom is -0.387 e. The van der Waals surface area contributed by atoms with Crippen molar-refractivity contribution >= 4 is 6.21 Å². The van der Waals surface area contributed by atoms with Crippen LogP contribution in [0.25, 0.3) is 0 Å². The standard InChI is InChI=1S/C10H19N3/c1-9(2)13-7-3-6-12-10(8-13)4-5-11/h4-5,9,11-12H,3,6-8H2,1-2H3/b10-4-,11-5?. The lowest BCUT2D eigenvalue weighted by atomic mass is 10.3. The largest absolute Gasteiger partial charge is 0.387 e. The highest BCUT2D eigenvalue weighted by molar-refractivity contribution is 5.68. The Balaban J connectivity index is 2.59. The molecule has 1 aliphatic heterocycles. The summed E-state index contributed by atoms with van der Waals surface area (Å²) in [5.74, 6) is 0. The van der Waals surface area contributed by atoms with E-state index in [-0.39, 0.29) is 0 Å². The molecule has 0 aliphatic carbocycles. The Morgan fingerprint density at radius 2 is 2.31 bits per heavy atom. The van der Waals surface area contributed by atoms with Gasteiger partial charge in [0.15, 0.2) is 0 Å². The van der Waals surface area contributed by atoms with E-state index in [1.807, 2.05) is 6.08 Å². The van der Waals surface area contributed by atoms with E-state index in [0.29, 0.717) is 6.04 Å². The van der Waals surface area contributed by atoms with Gasteiger partial charge in [-0.2, -0.15) is 0 Å². The predicted molar refractivity (Wildman–Crippen MR) is 56.2 cm³/mol. The molecular formula is C10H19N3. The van der Waals surface area contributed by atoms with Crippen molar-refractivity contribution in [1.29, 1.82) is 5.41 Å². The summed E-state index contributed by atoms with van der Waals surface area (Å²) in [5.41, 5.74) is 1.17. The summed E-state index contributed by atoms with van der Waals surface area (Å²) in [6.07, 6.45) is 4.39. The Bertz CT molecular complexity index is 196. The molecule has 0 bridgehead atoms. The molecule has 0 unspecified atom stereocenters. The van der Waals surface area contributed by atoms with Crippen LogP contribution in [0.1, 0.15) is 20.3 Å². The predicted octanol–water partition coefficient (Wildman–Crippen LogP) is 1.22. The quantitative estimate of drug-likeness (QED) is 0.629. The third kappa shape index (κ3) is 3.19. The first kappa shape index (κ1) is 10.3. The van der Waals surface area contributed by atoms with Gasteiger partial charge < -0.3 is 10.7 Å². The maximum absolute atomic E-state index is 7.02. The van der Waals surface area contributed by atoms with Crippen LogP contribution in [0.5, 0.6) is 0 Å². The van der Waals surface area contributed by atoms with E-state index >= 15 is 0 Å². The van der Waals surface area contributed by atoms with Gasteiger partial charge in [-0.25, -0.2) is 0 Å². The molecule has 1 saturated heterocycles. The van der Waals surface area contributed by atoms with Gasteiger partial charge in [-0.1, -0.05) is 0 Å². The van der Waals surface area contributed by atoms with Gasteiger partial charge in [-0.15, -0.1) is 0 Å². The third-order valence-electron chi connectivity index (χ3n) is 2.36. The van der Waals surface area contributed by atoms with Crippen LogP contribution in [0.4, 0.5) is 0 Å². The Kier molecular flexibility index (Phi) is 3.96. The first-order chi connectivity index (χ1) is 6.24. The van der Waals surface area contributed by atoms with E-state index in [9.17, 15) is 0 Å². The molecule has 1 heterocycles. The summed E-state index contributed by atoms with van der Waals surface area (Å²) < 4.78 is 0. The van der Waals surface area contributed by atoms with Gasteiger partial charge in [0, 0.05) is 37.6 Å². The lowest BCUT2D eigenvalue weighted by Crippen LogP contribution is -2.33. The van der Waals surface area contributed by atoms with Crippen molar-refractivity contribution in [2.75, 3.05) is 19.6 Å². The minimum absolute atomic E-state index is 0.592. The number of hydrogen-bond acceptors (Lipinski definition) is 3. The molecule has 0 saturated carbocycles. The van der Waals surface area contributed by atoms with Crippen LogP contribution in [0.2, 0.25) is 0 Å². The minimum atomic E-state index is 0.592. The highest BCUT2D eigenvalue weighted by atomic mass is 15.2. The Labute approximate surface area is 80.3 Å². The average molecular weight is 181 g/mol. The fourth-order valence-corrected chi connectivity index (χ4v) is 1.54. The summed E-state index contributed by atoms with van der Waals surface area (Å²) >= 11 is 0. The molecule has 3 heteroatoms. The fraction of sp³-hybridized carbons (Fsp3) is 0.700. The number of rotatable bonds is 2. The first-order valence-corrected chi connectivity index (χ1v) is 4.91. The normalized spacial score (nSPS) is 22.8. The van der Waals surface area contributed by atoms with Gasteiger partial charge in [0.1, 0.15) is 0 Å². The molecule has 74 valence electrons. The molecule has 0 amide bonds. The van der Waals surface area contributed by atoms with Crippen LogP contribution in [0, 0.1) is 5.41 Å². The van der Waals surface area contributed by atoms with Crippen molar-refractivity contribution < 1.29 is 0 Å². The number of nitrogens with one attached hydrogen (secondary N) is 2. The molecule has 1 aliphatic rings. The summed E-state index contributed by atoms with van der Waals surface area (Å²) in [6, 6.07) is 0.592. The topological polar surface area (TPSA) is 39.1 Å². The molecule has 1 fully saturated rings. The Morgan fingerprint density at radius 3 is 2.92 bits per heavy atom. The number of hydrogen-bond donors (Lipinski definition) is 2. The molecule has 3 nitrogen and oxygen atoms in total. The van der Waals surface area contributed by atoms with Gasteiger partial charge in [0.05, 0.1) is 0 Å². The molecule has 0 atom stereocenters. The zero-order chi connectivity index (χ0) is 9.68. The van der Waals surface area contributed by atoms with Crippen molar-refractivity contribution in [2.45, 2.75) is 26.3 Å². The van der Waals surface area contributed by atoms with Gasteiger partial charge in [0.25, 0.3) is 0 Å². The highest BCUT2D eigenvalue weighted by Crippen LogP contribution is 2.06. The lowest BCUT2D eigenvalue weighted by Gasteiger charge is -2.24. The molecular weight excluding hydrogens is 162 g/mol. The SMILES string of the molecule is CC(C)N1CCCN/C(=C\C=N)C1. The summed E-state index contributed by atoms with van der Waals surface area (Å²) in [4.78, 5) is 2.43. The Hall–Kier alpha value is -0.830. The van der Waals surface area contributed by atoms with Gasteiger partial charge >= 0.3 is 0 Å². The van der Waals surface area contributed by atoms with Crippen molar-refractivity contribution in [1.82, 2.24) is 10.2 Å². The monoisotopic (exact) mass is 181 g/mol. The maximum Gasteiger partial charge on any atom is 0.0385 e. The second-order valence-electron chi connectivity index (χ2n) is 3.70. The van der Waals surface area contributed by atoms with Gasteiger partial charge in [-0.05, 0) is 26.3 Å². The lowest BCUT2D eigenvalue weighted by molar-refractivity contribution is 0.247. The van der Waals surface area contributed by atoms with E-state index in [2.05, 4.69) is 24.1 Å². The molecule has 0 aromatic heterocycles. The average Bonchev–Trinajstić information content (AvgIpc) is 2.30. The van der Waals surface area contributed by atoms with E-state index in [4.69, 9.17) is 5.41 Å². The van der Waals surface area contributed by atoms with Crippen LogP contribution in [0.15, 0.2) is 11.8 Å². The second-order valence-corrected chi connectivity index (χ2v) is 3.70. The highest BCUT2D eigenvalue weighted by Gasteiger charge is 2.13. The van der Waals surface area contributed by atoms with Crippen LogP contribution in [-0.2, 0) is 0 Å². The van der Waals surface area contributed by atoms with E-state index < -0.39 is 0 Å². The fourth-order valence-electron chi connectivity index (χ4n) is 1.54. The van der Waals surface area contributed by atoms with E-state index in [0.717, 1.165) is 19.6 Å². The van der Waals surface area contributed by atoms with Crippen LogP contribution in [-0.4, -0.2) is 36.8 Å². The summed E-state index contributed by atoms with van der Waals surface area (Å²) in [5, 5.41) is 10.4. The second kappa shape index (κ2) is 5.02. The van der Waals surface area contributed by atoms with Crippen molar-refractivity contribution in [3.63, 3.8) is 0 Å². The molecule has 0 aromatic rings. The first-order valence-electron chi connectivity index (χ1n) is 4.91. The molecule has 2 N–H and O–H groups in total. The van der Waals surface area contributed by atoms with Gasteiger partial charge in [0.2, 0.25) is 0 Å².